The molecule has 2 rings (SSSR count). The summed E-state index contributed by atoms with van der Waals surface area (Å²) in [4.78, 5) is 1.31. The average Bonchev–Trinajstić information content (AvgIpc) is 2.91. The Morgan fingerprint density at radius 2 is 2.22 bits per heavy atom. The summed E-state index contributed by atoms with van der Waals surface area (Å²) in [7, 11) is 0. The lowest BCUT2D eigenvalue weighted by molar-refractivity contribution is 0.763. The molecule has 0 amide bonds. The van der Waals surface area contributed by atoms with E-state index in [0.29, 0.717) is 5.56 Å². The number of aryl methyl sites for hydroxylation is 1. The van der Waals surface area contributed by atoms with E-state index in [1.165, 1.54) is 4.88 Å². The predicted octanol–water partition coefficient (Wildman–Crippen LogP) is 4.49. The van der Waals surface area contributed by atoms with Gasteiger partial charge in [-0.25, -0.2) is 0 Å². The molecule has 1 unspecified atom stereocenters. The third-order valence-electron chi connectivity index (χ3n) is 2.92. The van der Waals surface area contributed by atoms with Gasteiger partial charge in [0.1, 0.15) is 6.07 Å². The summed E-state index contributed by atoms with van der Waals surface area (Å²) in [5.41, 5.74) is 2.75. The number of thiophene rings is 1. The molecule has 3 heteroatoms. The molecule has 0 bridgehead atoms. The fraction of sp³-hybridized carbons (Fsp3) is 0.267. The second kappa shape index (κ2) is 5.70. The highest BCUT2D eigenvalue weighted by Gasteiger charge is 2.12. The SMILES string of the molecule is CCC(Nc1ccc(C)cc1C#N)c1cccs1. The van der Waals surface area contributed by atoms with Crippen LogP contribution in [0.4, 0.5) is 5.69 Å². The Labute approximate surface area is 112 Å². The zero-order chi connectivity index (χ0) is 13.0. The van der Waals surface area contributed by atoms with E-state index in [9.17, 15) is 5.26 Å². The van der Waals surface area contributed by atoms with Crippen molar-refractivity contribution in [2.45, 2.75) is 26.3 Å². The van der Waals surface area contributed by atoms with Crippen molar-refractivity contribution in [3.8, 4) is 6.07 Å². The first-order chi connectivity index (χ1) is 8.74. The number of anilines is 1. The van der Waals surface area contributed by atoms with Crippen LogP contribution in [0.1, 0.15) is 35.4 Å². The molecule has 18 heavy (non-hydrogen) atoms. The molecule has 0 spiro atoms. The van der Waals surface area contributed by atoms with Crippen molar-refractivity contribution in [2.24, 2.45) is 0 Å². The first-order valence-corrected chi connectivity index (χ1v) is 6.93. The van der Waals surface area contributed by atoms with Crippen LogP contribution in [0, 0.1) is 18.3 Å². The van der Waals surface area contributed by atoms with E-state index < -0.39 is 0 Å². The number of nitrogens with one attached hydrogen (secondary N) is 1. The summed E-state index contributed by atoms with van der Waals surface area (Å²) in [6, 6.07) is 12.7. The Morgan fingerprint density at radius 3 is 2.83 bits per heavy atom. The molecule has 1 aromatic carbocycles. The standard InChI is InChI=1S/C15H16N2S/c1-3-13(15-5-4-8-18-15)17-14-7-6-11(2)9-12(14)10-16/h4-9,13,17H,3H2,1-2H3. The van der Waals surface area contributed by atoms with Gasteiger partial charge in [-0.3, -0.25) is 0 Å². The normalized spacial score (nSPS) is 11.8. The number of hydrogen-bond acceptors (Lipinski definition) is 3. The highest BCUT2D eigenvalue weighted by Crippen LogP contribution is 2.28. The lowest BCUT2D eigenvalue weighted by Crippen LogP contribution is -2.09. The van der Waals surface area contributed by atoms with Crippen LogP contribution in [0.2, 0.25) is 0 Å². The summed E-state index contributed by atoms with van der Waals surface area (Å²) < 4.78 is 0. The second-order valence-electron chi connectivity index (χ2n) is 4.28. The van der Waals surface area contributed by atoms with E-state index in [2.05, 4.69) is 35.8 Å². The zero-order valence-corrected chi connectivity index (χ0v) is 11.4. The molecular weight excluding hydrogens is 240 g/mol. The van der Waals surface area contributed by atoms with Gasteiger partial charge in [0.25, 0.3) is 0 Å². The molecular formula is C15H16N2S. The second-order valence-corrected chi connectivity index (χ2v) is 5.26. The Bertz CT molecular complexity index is 552. The van der Waals surface area contributed by atoms with Crippen molar-refractivity contribution in [2.75, 3.05) is 5.32 Å². The van der Waals surface area contributed by atoms with Crippen molar-refractivity contribution in [1.82, 2.24) is 0 Å². The van der Waals surface area contributed by atoms with Crippen molar-refractivity contribution >= 4 is 17.0 Å². The molecule has 92 valence electrons. The van der Waals surface area contributed by atoms with Gasteiger partial charge in [0.15, 0.2) is 0 Å². The van der Waals surface area contributed by atoms with E-state index >= 15 is 0 Å². The van der Waals surface area contributed by atoms with Crippen LogP contribution in [-0.4, -0.2) is 0 Å². The molecule has 0 aliphatic carbocycles. The summed E-state index contributed by atoms with van der Waals surface area (Å²) in [5, 5.41) is 14.7. The highest BCUT2D eigenvalue weighted by molar-refractivity contribution is 7.10. The van der Waals surface area contributed by atoms with Crippen LogP contribution in [-0.2, 0) is 0 Å². The number of rotatable bonds is 4. The van der Waals surface area contributed by atoms with Gasteiger partial charge in [-0.1, -0.05) is 19.1 Å². The summed E-state index contributed by atoms with van der Waals surface area (Å²) in [6.07, 6.45) is 0.999. The van der Waals surface area contributed by atoms with Crippen molar-refractivity contribution in [3.63, 3.8) is 0 Å². The molecule has 0 aliphatic rings. The minimum atomic E-state index is 0.278. The van der Waals surface area contributed by atoms with Gasteiger partial charge in [-0.15, -0.1) is 11.3 Å². The first kappa shape index (κ1) is 12.7. The van der Waals surface area contributed by atoms with Crippen molar-refractivity contribution < 1.29 is 0 Å². The fourth-order valence-electron chi connectivity index (χ4n) is 1.93. The maximum absolute atomic E-state index is 9.17. The monoisotopic (exact) mass is 256 g/mol. The quantitative estimate of drug-likeness (QED) is 0.874. The Hall–Kier alpha value is -1.79. The van der Waals surface area contributed by atoms with E-state index in [1.807, 2.05) is 25.1 Å². The first-order valence-electron chi connectivity index (χ1n) is 6.05. The molecule has 0 saturated heterocycles. The minimum absolute atomic E-state index is 0.278. The van der Waals surface area contributed by atoms with Gasteiger partial charge in [-0.05, 0) is 42.5 Å². The van der Waals surface area contributed by atoms with Gasteiger partial charge in [0.2, 0.25) is 0 Å². The van der Waals surface area contributed by atoms with Crippen LogP contribution in [0.15, 0.2) is 35.7 Å². The van der Waals surface area contributed by atoms with Gasteiger partial charge < -0.3 is 5.32 Å². The molecule has 0 radical (unpaired) electrons. The number of benzene rings is 1. The number of nitrogens with zero attached hydrogens (tertiary/aromatic N) is 1. The van der Waals surface area contributed by atoms with Gasteiger partial charge in [0, 0.05) is 4.88 Å². The average molecular weight is 256 g/mol. The van der Waals surface area contributed by atoms with Crippen LogP contribution in [0.3, 0.4) is 0 Å². The topological polar surface area (TPSA) is 35.8 Å². The summed E-state index contributed by atoms with van der Waals surface area (Å²) >= 11 is 1.75. The smallest absolute Gasteiger partial charge is 0.101 e. The van der Waals surface area contributed by atoms with Crippen LogP contribution in [0.25, 0.3) is 0 Å². The molecule has 1 atom stereocenters. The van der Waals surface area contributed by atoms with E-state index in [-0.39, 0.29) is 6.04 Å². The molecule has 2 aromatic rings. The van der Waals surface area contributed by atoms with Crippen LogP contribution >= 0.6 is 11.3 Å². The molecule has 2 nitrogen and oxygen atoms in total. The Morgan fingerprint density at radius 1 is 1.39 bits per heavy atom. The Balaban J connectivity index is 2.25. The molecule has 1 aromatic heterocycles. The summed E-state index contributed by atoms with van der Waals surface area (Å²) in [5.74, 6) is 0. The third kappa shape index (κ3) is 2.72. The molecule has 0 aliphatic heterocycles. The van der Waals surface area contributed by atoms with Gasteiger partial charge >= 0.3 is 0 Å². The minimum Gasteiger partial charge on any atom is -0.376 e. The van der Waals surface area contributed by atoms with E-state index in [0.717, 1.165) is 17.7 Å². The number of hydrogen-bond donors (Lipinski definition) is 1. The summed E-state index contributed by atoms with van der Waals surface area (Å²) in [6.45, 7) is 4.15. The van der Waals surface area contributed by atoms with Crippen molar-refractivity contribution in [3.05, 3.63) is 51.7 Å². The number of nitriles is 1. The largest absolute Gasteiger partial charge is 0.376 e. The molecule has 0 saturated carbocycles. The van der Waals surface area contributed by atoms with Crippen LogP contribution < -0.4 is 5.32 Å². The maximum atomic E-state index is 9.17. The lowest BCUT2D eigenvalue weighted by atomic mass is 10.1. The van der Waals surface area contributed by atoms with Crippen LogP contribution in [0.5, 0.6) is 0 Å². The molecule has 1 N–H and O–H groups in total. The molecule has 1 heterocycles. The van der Waals surface area contributed by atoms with E-state index in [4.69, 9.17) is 0 Å². The van der Waals surface area contributed by atoms with Crippen molar-refractivity contribution in [1.29, 1.82) is 5.26 Å². The predicted molar refractivity (Wildman–Crippen MR) is 76.9 cm³/mol. The fourth-order valence-corrected chi connectivity index (χ4v) is 2.79. The van der Waals surface area contributed by atoms with Gasteiger partial charge in [-0.2, -0.15) is 5.26 Å². The zero-order valence-electron chi connectivity index (χ0n) is 10.6. The maximum Gasteiger partial charge on any atom is 0.101 e. The van der Waals surface area contributed by atoms with E-state index in [1.54, 1.807) is 11.3 Å². The third-order valence-corrected chi connectivity index (χ3v) is 3.91. The lowest BCUT2D eigenvalue weighted by Gasteiger charge is -2.18. The van der Waals surface area contributed by atoms with Gasteiger partial charge in [0.05, 0.1) is 17.3 Å². The molecule has 0 fully saturated rings. The highest BCUT2D eigenvalue weighted by atomic mass is 32.1. The Kier molecular flexibility index (Phi) is 4.01.